The third-order valence-electron chi connectivity index (χ3n) is 3.40. The molecule has 0 bridgehead atoms. The van der Waals surface area contributed by atoms with Crippen molar-refractivity contribution in [3.8, 4) is 6.07 Å². The second-order valence-electron chi connectivity index (χ2n) is 4.47. The molecule has 0 N–H and O–H groups in total. The maximum atomic E-state index is 10.9. The number of hydrogen-bond acceptors (Lipinski definition) is 3. The molecule has 1 atom stereocenters. The molecule has 1 unspecified atom stereocenters. The van der Waals surface area contributed by atoms with Gasteiger partial charge in [0.2, 0.25) is 0 Å². The van der Waals surface area contributed by atoms with Gasteiger partial charge < -0.3 is 4.79 Å². The highest BCUT2D eigenvalue weighted by atomic mass is 32.1. The van der Waals surface area contributed by atoms with E-state index in [1.54, 1.807) is 11.3 Å². The van der Waals surface area contributed by atoms with Gasteiger partial charge >= 0.3 is 0 Å². The number of carbonyl (C=O) groups excluding carboxylic acids is 1. The van der Waals surface area contributed by atoms with Crippen molar-refractivity contribution in [2.75, 3.05) is 0 Å². The van der Waals surface area contributed by atoms with E-state index in [2.05, 4.69) is 6.07 Å². The quantitative estimate of drug-likeness (QED) is 0.720. The molecule has 3 rings (SSSR count). The molecule has 0 amide bonds. The highest BCUT2D eigenvalue weighted by Crippen LogP contribution is 2.37. The molecule has 2 nitrogen and oxygen atoms in total. The number of hydrogen-bond donors (Lipinski definition) is 0. The Kier molecular flexibility index (Phi) is 2.45. The second-order valence-corrected chi connectivity index (χ2v) is 5.60. The fourth-order valence-electron chi connectivity index (χ4n) is 2.49. The molecule has 0 fully saturated rings. The van der Waals surface area contributed by atoms with Crippen LogP contribution in [0.1, 0.15) is 22.4 Å². The third-order valence-corrected chi connectivity index (χ3v) is 4.68. The van der Waals surface area contributed by atoms with E-state index >= 15 is 0 Å². The first-order valence-electron chi connectivity index (χ1n) is 5.71. The Balaban J connectivity index is 2.19. The van der Waals surface area contributed by atoms with Crippen molar-refractivity contribution in [1.29, 1.82) is 5.26 Å². The zero-order valence-electron chi connectivity index (χ0n) is 9.27. The lowest BCUT2D eigenvalue weighted by Crippen LogP contribution is -2.13. The van der Waals surface area contributed by atoms with E-state index in [1.165, 1.54) is 20.5 Å². The number of rotatable bonds is 1. The van der Waals surface area contributed by atoms with Crippen LogP contribution in [0.25, 0.3) is 10.1 Å². The van der Waals surface area contributed by atoms with Crippen LogP contribution in [0.15, 0.2) is 18.2 Å². The number of nitrogens with zero attached hydrogens (tertiary/aromatic N) is 1. The predicted molar refractivity (Wildman–Crippen MR) is 68.1 cm³/mol. The molecule has 1 aliphatic carbocycles. The van der Waals surface area contributed by atoms with Crippen LogP contribution >= 0.6 is 11.3 Å². The van der Waals surface area contributed by atoms with Crippen LogP contribution in [0.5, 0.6) is 0 Å². The number of aryl methyl sites for hydroxylation is 1. The maximum Gasteiger partial charge on any atom is 0.123 e. The number of thiophene rings is 1. The molecular weight excluding hydrogens is 230 g/mol. The smallest absolute Gasteiger partial charge is 0.123 e. The van der Waals surface area contributed by atoms with Crippen LogP contribution in [0.2, 0.25) is 0 Å². The van der Waals surface area contributed by atoms with E-state index in [1.807, 2.05) is 18.2 Å². The standard InChI is InChI=1S/C14H11NOS/c15-7-9-1-3-13-11(5-9)12-6-10(8-16)2-4-14(12)17-13/h1,3,5,8,10H,2,4,6H2. The first-order chi connectivity index (χ1) is 8.31. The minimum Gasteiger partial charge on any atom is -0.303 e. The van der Waals surface area contributed by atoms with Crippen molar-refractivity contribution in [3.05, 3.63) is 34.2 Å². The lowest BCUT2D eigenvalue weighted by Gasteiger charge is -2.16. The number of benzene rings is 1. The molecular formula is C14H11NOS. The first-order valence-corrected chi connectivity index (χ1v) is 6.53. The van der Waals surface area contributed by atoms with Crippen LogP contribution in [0.4, 0.5) is 0 Å². The van der Waals surface area contributed by atoms with E-state index < -0.39 is 0 Å². The fraction of sp³-hybridized carbons (Fsp3) is 0.286. The molecule has 0 saturated carbocycles. The van der Waals surface area contributed by atoms with Gasteiger partial charge in [0, 0.05) is 15.5 Å². The lowest BCUT2D eigenvalue weighted by molar-refractivity contribution is -0.111. The van der Waals surface area contributed by atoms with Gasteiger partial charge in [-0.05, 0) is 48.4 Å². The zero-order chi connectivity index (χ0) is 11.8. The summed E-state index contributed by atoms with van der Waals surface area (Å²) >= 11 is 1.81. The lowest BCUT2D eigenvalue weighted by atomic mass is 9.88. The molecule has 17 heavy (non-hydrogen) atoms. The molecule has 84 valence electrons. The fourth-order valence-corrected chi connectivity index (χ4v) is 3.72. The largest absolute Gasteiger partial charge is 0.303 e. The predicted octanol–water partition coefficient (Wildman–Crippen LogP) is 3.08. The molecule has 2 aromatic rings. The summed E-state index contributed by atoms with van der Waals surface area (Å²) in [6.45, 7) is 0. The van der Waals surface area contributed by atoms with Gasteiger partial charge in [-0.15, -0.1) is 11.3 Å². The van der Waals surface area contributed by atoms with Gasteiger partial charge in [-0.25, -0.2) is 0 Å². The van der Waals surface area contributed by atoms with Gasteiger partial charge in [0.15, 0.2) is 0 Å². The van der Waals surface area contributed by atoms with E-state index in [0.29, 0.717) is 5.56 Å². The second kappa shape index (κ2) is 3.97. The van der Waals surface area contributed by atoms with Gasteiger partial charge in [-0.2, -0.15) is 5.26 Å². The molecule has 1 aliphatic rings. The van der Waals surface area contributed by atoms with Crippen LogP contribution in [0, 0.1) is 17.2 Å². The Morgan fingerprint density at radius 3 is 3.12 bits per heavy atom. The summed E-state index contributed by atoms with van der Waals surface area (Å²) in [5.41, 5.74) is 2.00. The van der Waals surface area contributed by atoms with E-state index in [-0.39, 0.29) is 5.92 Å². The molecule has 0 spiro atoms. The van der Waals surface area contributed by atoms with Gasteiger partial charge in [0.25, 0.3) is 0 Å². The normalized spacial score (nSPS) is 18.6. The van der Waals surface area contributed by atoms with Gasteiger partial charge in [0.05, 0.1) is 11.6 Å². The minimum atomic E-state index is 0.158. The molecule has 0 radical (unpaired) electrons. The van der Waals surface area contributed by atoms with Crippen molar-refractivity contribution in [3.63, 3.8) is 0 Å². The molecule has 0 aliphatic heterocycles. The summed E-state index contributed by atoms with van der Waals surface area (Å²) in [4.78, 5) is 12.3. The van der Waals surface area contributed by atoms with E-state index in [0.717, 1.165) is 25.5 Å². The van der Waals surface area contributed by atoms with Crippen molar-refractivity contribution in [2.24, 2.45) is 5.92 Å². The van der Waals surface area contributed by atoms with Crippen molar-refractivity contribution in [2.45, 2.75) is 19.3 Å². The van der Waals surface area contributed by atoms with Crippen LogP contribution in [-0.4, -0.2) is 6.29 Å². The SMILES string of the molecule is N#Cc1ccc2sc3c(c2c1)CC(C=O)CC3. The number of aldehydes is 1. The monoisotopic (exact) mass is 241 g/mol. The average molecular weight is 241 g/mol. The van der Waals surface area contributed by atoms with Gasteiger partial charge in [0.1, 0.15) is 6.29 Å². The summed E-state index contributed by atoms with van der Waals surface area (Å²) in [5, 5.41) is 10.1. The summed E-state index contributed by atoms with van der Waals surface area (Å²) in [6.07, 6.45) is 3.88. The molecule has 0 saturated heterocycles. The topological polar surface area (TPSA) is 40.9 Å². The van der Waals surface area contributed by atoms with E-state index in [4.69, 9.17) is 5.26 Å². The summed E-state index contributed by atoms with van der Waals surface area (Å²) in [5.74, 6) is 0.158. The first kappa shape index (κ1) is 10.5. The Labute approximate surface area is 103 Å². The maximum absolute atomic E-state index is 10.9. The molecule has 3 heteroatoms. The summed E-state index contributed by atoms with van der Waals surface area (Å²) in [6, 6.07) is 8.02. The molecule has 1 aromatic carbocycles. The van der Waals surface area contributed by atoms with Crippen molar-refractivity contribution >= 4 is 27.7 Å². The number of carbonyl (C=O) groups is 1. The third kappa shape index (κ3) is 1.65. The Morgan fingerprint density at radius 1 is 1.47 bits per heavy atom. The Morgan fingerprint density at radius 2 is 2.35 bits per heavy atom. The van der Waals surface area contributed by atoms with Gasteiger partial charge in [-0.1, -0.05) is 0 Å². The molecule has 1 heterocycles. The van der Waals surface area contributed by atoms with Crippen LogP contribution in [0.3, 0.4) is 0 Å². The van der Waals surface area contributed by atoms with Crippen LogP contribution in [-0.2, 0) is 17.6 Å². The Hall–Kier alpha value is -1.66. The highest BCUT2D eigenvalue weighted by molar-refractivity contribution is 7.19. The van der Waals surface area contributed by atoms with Crippen LogP contribution < -0.4 is 0 Å². The average Bonchev–Trinajstić information content (AvgIpc) is 2.75. The summed E-state index contributed by atoms with van der Waals surface area (Å²) in [7, 11) is 0. The highest BCUT2D eigenvalue weighted by Gasteiger charge is 2.22. The molecule has 1 aromatic heterocycles. The minimum absolute atomic E-state index is 0.158. The summed E-state index contributed by atoms with van der Waals surface area (Å²) < 4.78 is 1.24. The van der Waals surface area contributed by atoms with Crippen molar-refractivity contribution < 1.29 is 4.79 Å². The number of fused-ring (bicyclic) bond motifs is 3. The number of nitriles is 1. The zero-order valence-corrected chi connectivity index (χ0v) is 10.1. The van der Waals surface area contributed by atoms with Crippen molar-refractivity contribution in [1.82, 2.24) is 0 Å². The Bertz CT molecular complexity index is 635. The van der Waals surface area contributed by atoms with Gasteiger partial charge in [-0.3, -0.25) is 0 Å². The van der Waals surface area contributed by atoms with E-state index in [9.17, 15) is 4.79 Å².